The maximum Gasteiger partial charge on any atom is 0.00647 e. The first-order valence-corrected chi connectivity index (χ1v) is 6.63. The Morgan fingerprint density at radius 1 is 1.13 bits per heavy atom. The van der Waals surface area contributed by atoms with Gasteiger partial charge in [0.05, 0.1) is 0 Å². The molecule has 0 amide bonds. The second-order valence-corrected chi connectivity index (χ2v) is 4.53. The second kappa shape index (κ2) is 9.17. The van der Waals surface area contributed by atoms with E-state index in [-0.39, 0.29) is 0 Å². The summed E-state index contributed by atoms with van der Waals surface area (Å²) in [5.74, 6) is 0. The summed E-state index contributed by atoms with van der Waals surface area (Å²) in [5, 5.41) is 3.53. The van der Waals surface area contributed by atoms with Crippen molar-refractivity contribution >= 4 is 0 Å². The van der Waals surface area contributed by atoms with Crippen molar-refractivity contribution in [1.82, 2.24) is 10.2 Å². The van der Waals surface area contributed by atoms with E-state index in [4.69, 9.17) is 0 Å². The lowest BCUT2D eigenvalue weighted by Gasteiger charge is -2.25. The molecule has 0 spiro atoms. The molecule has 0 radical (unpaired) electrons. The molecule has 0 heterocycles. The monoisotopic (exact) mass is 214 g/mol. The Morgan fingerprint density at radius 2 is 1.80 bits per heavy atom. The lowest BCUT2D eigenvalue weighted by molar-refractivity contribution is 0.225. The van der Waals surface area contributed by atoms with E-state index in [2.05, 4.69) is 44.8 Å². The lowest BCUT2D eigenvalue weighted by Crippen LogP contribution is -2.33. The van der Waals surface area contributed by atoms with E-state index in [1.807, 2.05) is 0 Å². The Labute approximate surface area is 96.4 Å². The number of nitrogens with zero attached hydrogens (tertiary/aromatic N) is 1. The largest absolute Gasteiger partial charge is 0.314 e. The molecular formula is C13H30N2. The van der Waals surface area contributed by atoms with Crippen LogP contribution in [0.3, 0.4) is 0 Å². The van der Waals surface area contributed by atoms with Gasteiger partial charge in [0.25, 0.3) is 0 Å². The van der Waals surface area contributed by atoms with E-state index in [9.17, 15) is 0 Å². The molecule has 0 aliphatic heterocycles. The zero-order valence-electron chi connectivity index (χ0n) is 11.3. The van der Waals surface area contributed by atoms with Crippen LogP contribution in [0.15, 0.2) is 0 Å². The van der Waals surface area contributed by atoms with Crippen molar-refractivity contribution in [3.05, 3.63) is 0 Å². The van der Waals surface area contributed by atoms with E-state index in [0.717, 1.165) is 12.6 Å². The third-order valence-corrected chi connectivity index (χ3v) is 3.12. The molecule has 0 aliphatic rings. The van der Waals surface area contributed by atoms with Gasteiger partial charge in [-0.05, 0) is 52.7 Å². The van der Waals surface area contributed by atoms with Crippen LogP contribution in [0.5, 0.6) is 0 Å². The van der Waals surface area contributed by atoms with Crippen LogP contribution in [0, 0.1) is 0 Å². The Morgan fingerprint density at radius 3 is 2.20 bits per heavy atom. The van der Waals surface area contributed by atoms with E-state index >= 15 is 0 Å². The third kappa shape index (κ3) is 6.91. The molecule has 0 aromatic carbocycles. The molecule has 0 bridgehead atoms. The summed E-state index contributed by atoms with van der Waals surface area (Å²) in [6.07, 6.45) is 3.88. The Balaban J connectivity index is 3.65. The highest BCUT2D eigenvalue weighted by molar-refractivity contribution is 4.67. The highest BCUT2D eigenvalue weighted by atomic mass is 15.1. The van der Waals surface area contributed by atoms with Crippen LogP contribution in [-0.2, 0) is 0 Å². The SMILES string of the molecule is CCNC(CC)CCCN(CC)C(C)C. The van der Waals surface area contributed by atoms with Gasteiger partial charge in [-0.2, -0.15) is 0 Å². The van der Waals surface area contributed by atoms with Crippen LogP contribution in [0.2, 0.25) is 0 Å². The second-order valence-electron chi connectivity index (χ2n) is 4.53. The average Bonchev–Trinajstić information content (AvgIpc) is 2.22. The summed E-state index contributed by atoms with van der Waals surface area (Å²) in [6, 6.07) is 1.41. The molecule has 0 aliphatic carbocycles. The maximum absolute atomic E-state index is 3.53. The molecule has 1 atom stereocenters. The molecule has 2 heteroatoms. The molecule has 15 heavy (non-hydrogen) atoms. The van der Waals surface area contributed by atoms with Crippen molar-refractivity contribution in [3.63, 3.8) is 0 Å². The van der Waals surface area contributed by atoms with Crippen molar-refractivity contribution in [3.8, 4) is 0 Å². The molecule has 1 N–H and O–H groups in total. The highest BCUT2D eigenvalue weighted by Gasteiger charge is 2.08. The van der Waals surface area contributed by atoms with Crippen LogP contribution >= 0.6 is 0 Å². The zero-order valence-corrected chi connectivity index (χ0v) is 11.3. The Kier molecular flexibility index (Phi) is 9.12. The number of hydrogen-bond acceptors (Lipinski definition) is 2. The van der Waals surface area contributed by atoms with Gasteiger partial charge in [-0.1, -0.05) is 20.8 Å². The van der Waals surface area contributed by atoms with Crippen LogP contribution in [0.25, 0.3) is 0 Å². The van der Waals surface area contributed by atoms with Crippen LogP contribution in [-0.4, -0.2) is 36.6 Å². The van der Waals surface area contributed by atoms with E-state index in [0.29, 0.717) is 6.04 Å². The van der Waals surface area contributed by atoms with Crippen molar-refractivity contribution in [1.29, 1.82) is 0 Å². The smallest absolute Gasteiger partial charge is 0.00647 e. The van der Waals surface area contributed by atoms with Gasteiger partial charge in [-0.3, -0.25) is 0 Å². The van der Waals surface area contributed by atoms with Gasteiger partial charge in [0.15, 0.2) is 0 Å². The minimum Gasteiger partial charge on any atom is -0.314 e. The normalized spacial score (nSPS) is 13.8. The first-order valence-electron chi connectivity index (χ1n) is 6.63. The van der Waals surface area contributed by atoms with Crippen molar-refractivity contribution in [2.75, 3.05) is 19.6 Å². The minimum absolute atomic E-state index is 0.689. The summed E-state index contributed by atoms with van der Waals surface area (Å²) < 4.78 is 0. The van der Waals surface area contributed by atoms with Gasteiger partial charge in [0.1, 0.15) is 0 Å². The van der Waals surface area contributed by atoms with E-state index in [1.165, 1.54) is 32.4 Å². The molecular weight excluding hydrogens is 184 g/mol. The van der Waals surface area contributed by atoms with Crippen LogP contribution < -0.4 is 5.32 Å². The van der Waals surface area contributed by atoms with Gasteiger partial charge in [0.2, 0.25) is 0 Å². The van der Waals surface area contributed by atoms with Crippen LogP contribution in [0.1, 0.15) is 53.9 Å². The van der Waals surface area contributed by atoms with Gasteiger partial charge < -0.3 is 10.2 Å². The molecule has 0 saturated heterocycles. The van der Waals surface area contributed by atoms with Crippen molar-refractivity contribution in [2.24, 2.45) is 0 Å². The summed E-state index contributed by atoms with van der Waals surface area (Å²) in [7, 11) is 0. The van der Waals surface area contributed by atoms with E-state index < -0.39 is 0 Å². The fourth-order valence-electron chi connectivity index (χ4n) is 2.06. The average molecular weight is 214 g/mol. The maximum atomic E-state index is 3.53. The lowest BCUT2D eigenvalue weighted by atomic mass is 10.1. The predicted molar refractivity (Wildman–Crippen MR) is 69.4 cm³/mol. The molecule has 2 nitrogen and oxygen atoms in total. The fraction of sp³-hybridized carbons (Fsp3) is 1.00. The Hall–Kier alpha value is -0.0800. The summed E-state index contributed by atoms with van der Waals surface area (Å²) in [4.78, 5) is 2.54. The molecule has 0 fully saturated rings. The van der Waals surface area contributed by atoms with Crippen LogP contribution in [0.4, 0.5) is 0 Å². The van der Waals surface area contributed by atoms with Gasteiger partial charge in [-0.25, -0.2) is 0 Å². The number of hydrogen-bond donors (Lipinski definition) is 1. The van der Waals surface area contributed by atoms with Gasteiger partial charge in [0, 0.05) is 12.1 Å². The first-order chi connectivity index (χ1) is 7.15. The minimum atomic E-state index is 0.689. The predicted octanol–water partition coefficient (Wildman–Crippen LogP) is 2.89. The molecule has 0 aromatic heterocycles. The van der Waals surface area contributed by atoms with Crippen molar-refractivity contribution < 1.29 is 0 Å². The molecule has 0 rings (SSSR count). The molecule has 1 unspecified atom stereocenters. The number of rotatable bonds is 9. The zero-order chi connectivity index (χ0) is 11.7. The fourth-order valence-corrected chi connectivity index (χ4v) is 2.06. The Bertz CT molecular complexity index is 134. The topological polar surface area (TPSA) is 15.3 Å². The summed E-state index contributed by atoms with van der Waals surface area (Å²) >= 11 is 0. The molecule has 92 valence electrons. The highest BCUT2D eigenvalue weighted by Crippen LogP contribution is 2.05. The summed E-state index contributed by atoms with van der Waals surface area (Å²) in [6.45, 7) is 14.8. The van der Waals surface area contributed by atoms with E-state index in [1.54, 1.807) is 0 Å². The first kappa shape index (κ1) is 14.9. The quantitative estimate of drug-likeness (QED) is 0.635. The number of nitrogens with one attached hydrogen (secondary N) is 1. The molecule has 0 aromatic rings. The standard InChI is InChI=1S/C13H30N2/c1-6-13(14-7-2)10-9-11-15(8-3)12(4)5/h12-14H,6-11H2,1-5H3. The third-order valence-electron chi connectivity index (χ3n) is 3.12. The van der Waals surface area contributed by atoms with Crippen molar-refractivity contribution in [2.45, 2.75) is 66.0 Å². The molecule has 0 saturated carbocycles. The summed E-state index contributed by atoms with van der Waals surface area (Å²) in [5.41, 5.74) is 0. The van der Waals surface area contributed by atoms with Gasteiger partial charge >= 0.3 is 0 Å². The van der Waals surface area contributed by atoms with Gasteiger partial charge in [-0.15, -0.1) is 0 Å².